The van der Waals surface area contributed by atoms with E-state index in [1.807, 2.05) is 12.1 Å². The van der Waals surface area contributed by atoms with E-state index < -0.39 is 5.60 Å². The molecule has 0 bridgehead atoms. The Labute approximate surface area is 101 Å². The lowest BCUT2D eigenvalue weighted by Gasteiger charge is -2.19. The minimum absolute atomic E-state index is 0.353. The van der Waals surface area contributed by atoms with Gasteiger partial charge in [0.15, 0.2) is 0 Å². The zero-order valence-corrected chi connectivity index (χ0v) is 10.6. The molecule has 0 spiro atoms. The number of halogens is 1. The van der Waals surface area contributed by atoms with Gasteiger partial charge in [0.1, 0.15) is 5.75 Å². The molecule has 88 valence electrons. The molecule has 0 aromatic heterocycles. The third-order valence-electron chi connectivity index (χ3n) is 3.17. The second-order valence-electron chi connectivity index (χ2n) is 4.76. The molecule has 0 amide bonds. The molecular formula is C13H17ClO2. The highest BCUT2D eigenvalue weighted by atomic mass is 35.5. The van der Waals surface area contributed by atoms with Gasteiger partial charge in [-0.1, -0.05) is 25.4 Å². The van der Waals surface area contributed by atoms with Gasteiger partial charge in [-0.25, -0.2) is 0 Å². The molecule has 0 atom stereocenters. The van der Waals surface area contributed by atoms with E-state index >= 15 is 0 Å². The quantitative estimate of drug-likeness (QED) is 0.877. The Balaban J connectivity index is 2.54. The summed E-state index contributed by atoms with van der Waals surface area (Å²) in [6.07, 6.45) is 1.66. The van der Waals surface area contributed by atoms with E-state index in [9.17, 15) is 5.11 Å². The molecule has 1 aliphatic carbocycles. The molecule has 1 N–H and O–H groups in total. The fourth-order valence-corrected chi connectivity index (χ4v) is 2.23. The second kappa shape index (κ2) is 3.94. The Hall–Kier alpha value is -0.730. The minimum Gasteiger partial charge on any atom is -0.495 e. The molecular weight excluding hydrogens is 224 g/mol. The summed E-state index contributed by atoms with van der Waals surface area (Å²) >= 11 is 6.10. The van der Waals surface area contributed by atoms with Crippen molar-refractivity contribution in [1.82, 2.24) is 0 Å². The molecule has 1 aromatic rings. The molecule has 1 aromatic carbocycles. The van der Waals surface area contributed by atoms with E-state index in [2.05, 4.69) is 13.8 Å². The first-order valence-electron chi connectivity index (χ1n) is 5.58. The van der Waals surface area contributed by atoms with Gasteiger partial charge in [-0.2, -0.15) is 0 Å². The van der Waals surface area contributed by atoms with Crippen LogP contribution in [0.5, 0.6) is 5.75 Å². The number of hydrogen-bond donors (Lipinski definition) is 1. The van der Waals surface area contributed by atoms with Gasteiger partial charge in [0.2, 0.25) is 0 Å². The zero-order chi connectivity index (χ0) is 11.9. The first kappa shape index (κ1) is 11.7. The van der Waals surface area contributed by atoms with E-state index in [4.69, 9.17) is 16.3 Å². The Morgan fingerprint density at radius 2 is 2.00 bits per heavy atom. The number of rotatable bonds is 3. The number of ether oxygens (including phenoxy) is 1. The van der Waals surface area contributed by atoms with Crippen LogP contribution < -0.4 is 4.74 Å². The first-order chi connectivity index (χ1) is 7.48. The Morgan fingerprint density at radius 1 is 1.38 bits per heavy atom. The van der Waals surface area contributed by atoms with Gasteiger partial charge in [0.25, 0.3) is 0 Å². The van der Waals surface area contributed by atoms with Gasteiger partial charge in [0, 0.05) is 0 Å². The van der Waals surface area contributed by atoms with Crippen molar-refractivity contribution in [1.29, 1.82) is 0 Å². The normalized spacial score (nSPS) is 17.6. The maximum absolute atomic E-state index is 10.2. The highest BCUT2D eigenvalue weighted by molar-refractivity contribution is 6.32. The van der Waals surface area contributed by atoms with E-state index in [0.717, 1.165) is 24.0 Å². The summed E-state index contributed by atoms with van der Waals surface area (Å²) in [7, 11) is 1.61. The van der Waals surface area contributed by atoms with Crippen LogP contribution in [0.15, 0.2) is 12.1 Å². The van der Waals surface area contributed by atoms with Crippen LogP contribution in [-0.4, -0.2) is 12.2 Å². The monoisotopic (exact) mass is 240 g/mol. The van der Waals surface area contributed by atoms with Crippen LogP contribution in [0.3, 0.4) is 0 Å². The smallest absolute Gasteiger partial charge is 0.137 e. The Kier molecular flexibility index (Phi) is 2.89. The maximum Gasteiger partial charge on any atom is 0.137 e. The minimum atomic E-state index is -0.643. The molecule has 0 saturated heterocycles. The van der Waals surface area contributed by atoms with Crippen molar-refractivity contribution < 1.29 is 9.84 Å². The molecule has 1 saturated carbocycles. The topological polar surface area (TPSA) is 29.5 Å². The predicted molar refractivity (Wildman–Crippen MR) is 65.2 cm³/mol. The van der Waals surface area contributed by atoms with Crippen LogP contribution in [0.1, 0.15) is 43.7 Å². The summed E-state index contributed by atoms with van der Waals surface area (Å²) in [5, 5.41) is 10.8. The largest absolute Gasteiger partial charge is 0.495 e. The highest BCUT2D eigenvalue weighted by Gasteiger charge is 2.44. The summed E-state index contributed by atoms with van der Waals surface area (Å²) < 4.78 is 5.21. The van der Waals surface area contributed by atoms with Crippen LogP contribution >= 0.6 is 11.6 Å². The molecule has 1 fully saturated rings. The number of hydrogen-bond acceptors (Lipinski definition) is 2. The molecule has 0 unspecified atom stereocenters. The van der Waals surface area contributed by atoms with Crippen LogP contribution in [0.25, 0.3) is 0 Å². The van der Waals surface area contributed by atoms with E-state index in [1.165, 1.54) is 0 Å². The van der Waals surface area contributed by atoms with Crippen LogP contribution in [0.4, 0.5) is 0 Å². The lowest BCUT2D eigenvalue weighted by Crippen LogP contribution is -2.10. The number of benzene rings is 1. The SMILES string of the molecule is COc1cc(C(C)C)c(C2(O)CC2)cc1Cl. The fourth-order valence-electron chi connectivity index (χ4n) is 1.99. The lowest BCUT2D eigenvalue weighted by molar-refractivity contribution is 0.150. The lowest BCUT2D eigenvalue weighted by atomic mass is 9.92. The predicted octanol–water partition coefficient (Wildman–Crippen LogP) is 3.45. The van der Waals surface area contributed by atoms with Gasteiger partial charge in [-0.15, -0.1) is 0 Å². The molecule has 0 aliphatic heterocycles. The van der Waals surface area contributed by atoms with Crippen molar-refractivity contribution in [3.05, 3.63) is 28.3 Å². The van der Waals surface area contributed by atoms with Gasteiger partial charge in [0.05, 0.1) is 17.7 Å². The van der Waals surface area contributed by atoms with E-state index in [1.54, 1.807) is 7.11 Å². The van der Waals surface area contributed by atoms with Gasteiger partial charge < -0.3 is 9.84 Å². The number of methoxy groups -OCH3 is 1. The Morgan fingerprint density at radius 3 is 2.44 bits per heavy atom. The maximum atomic E-state index is 10.2. The van der Waals surface area contributed by atoms with Gasteiger partial charge in [-0.3, -0.25) is 0 Å². The molecule has 0 radical (unpaired) electrons. The second-order valence-corrected chi connectivity index (χ2v) is 5.17. The summed E-state index contributed by atoms with van der Waals surface area (Å²) in [6.45, 7) is 4.22. The molecule has 2 rings (SSSR count). The summed E-state index contributed by atoms with van der Waals surface area (Å²) in [5.41, 5.74) is 1.45. The molecule has 1 aliphatic rings. The van der Waals surface area contributed by atoms with Crippen molar-refractivity contribution in [3.8, 4) is 5.75 Å². The summed E-state index contributed by atoms with van der Waals surface area (Å²) in [4.78, 5) is 0. The zero-order valence-electron chi connectivity index (χ0n) is 9.88. The fraction of sp³-hybridized carbons (Fsp3) is 0.538. The third-order valence-corrected chi connectivity index (χ3v) is 3.47. The van der Waals surface area contributed by atoms with Crippen molar-refractivity contribution in [2.24, 2.45) is 0 Å². The average Bonchev–Trinajstić information content (AvgIpc) is 2.97. The van der Waals surface area contributed by atoms with Crippen LogP contribution in [0.2, 0.25) is 5.02 Å². The number of aliphatic hydroxyl groups is 1. The first-order valence-corrected chi connectivity index (χ1v) is 5.96. The average molecular weight is 241 g/mol. The van der Waals surface area contributed by atoms with Crippen molar-refractivity contribution in [2.45, 2.75) is 38.2 Å². The summed E-state index contributed by atoms with van der Waals surface area (Å²) in [5.74, 6) is 1.03. The van der Waals surface area contributed by atoms with Gasteiger partial charge in [-0.05, 0) is 42.0 Å². The molecule has 3 heteroatoms. The van der Waals surface area contributed by atoms with Crippen molar-refractivity contribution in [3.63, 3.8) is 0 Å². The Bertz CT molecular complexity index is 409. The van der Waals surface area contributed by atoms with Gasteiger partial charge >= 0.3 is 0 Å². The van der Waals surface area contributed by atoms with Crippen molar-refractivity contribution >= 4 is 11.6 Å². The molecule has 16 heavy (non-hydrogen) atoms. The molecule has 2 nitrogen and oxygen atoms in total. The highest BCUT2D eigenvalue weighted by Crippen LogP contribution is 2.49. The van der Waals surface area contributed by atoms with E-state index in [-0.39, 0.29) is 0 Å². The third kappa shape index (κ3) is 1.92. The van der Waals surface area contributed by atoms with Crippen molar-refractivity contribution in [2.75, 3.05) is 7.11 Å². The molecule has 0 heterocycles. The van der Waals surface area contributed by atoms with Crippen LogP contribution in [-0.2, 0) is 5.60 Å². The van der Waals surface area contributed by atoms with E-state index in [0.29, 0.717) is 16.7 Å². The summed E-state index contributed by atoms with van der Waals surface area (Å²) in [6, 6.07) is 3.79. The standard InChI is InChI=1S/C13H17ClO2/c1-8(2)9-6-12(16-3)11(14)7-10(9)13(15)4-5-13/h6-8,15H,4-5H2,1-3H3. The van der Waals surface area contributed by atoms with Crippen LogP contribution in [0, 0.1) is 0 Å².